The van der Waals surface area contributed by atoms with Crippen molar-refractivity contribution in [3.63, 3.8) is 0 Å². The summed E-state index contributed by atoms with van der Waals surface area (Å²) >= 11 is 0. The third-order valence-electron chi connectivity index (χ3n) is 3.24. The number of rotatable bonds is 9. The van der Waals surface area contributed by atoms with Crippen molar-refractivity contribution < 1.29 is 9.53 Å². The van der Waals surface area contributed by atoms with Crippen LogP contribution in [0.15, 0.2) is 18.5 Å². The van der Waals surface area contributed by atoms with Gasteiger partial charge in [0.2, 0.25) is 0 Å². The monoisotopic (exact) mass is 294 g/mol. The van der Waals surface area contributed by atoms with Gasteiger partial charge >= 0.3 is 5.97 Å². The number of unbranched alkanes of at least 4 members (excludes halogenated alkanes) is 2. The lowest BCUT2D eigenvalue weighted by atomic mass is 10.1. The summed E-state index contributed by atoms with van der Waals surface area (Å²) in [6.45, 7) is 10.8. The van der Waals surface area contributed by atoms with Crippen LogP contribution in [0.4, 0.5) is 0 Å². The molecule has 0 spiro atoms. The molecule has 4 nitrogen and oxygen atoms in total. The minimum absolute atomic E-state index is 0.0750. The molecule has 0 aliphatic heterocycles. The zero-order valence-corrected chi connectivity index (χ0v) is 13.9. The summed E-state index contributed by atoms with van der Waals surface area (Å²) in [5.74, 6) is -0.0750. The minimum Gasteiger partial charge on any atom is -0.466 e. The smallest absolute Gasteiger partial charge is 0.305 e. The van der Waals surface area contributed by atoms with Gasteiger partial charge in [0.05, 0.1) is 6.61 Å². The van der Waals surface area contributed by atoms with Gasteiger partial charge in [0.1, 0.15) is 0 Å². The summed E-state index contributed by atoms with van der Waals surface area (Å²) < 4.78 is 7.14. The van der Waals surface area contributed by atoms with E-state index in [-0.39, 0.29) is 11.5 Å². The molecule has 1 heterocycles. The predicted octanol–water partition coefficient (Wildman–Crippen LogP) is 3.50. The van der Waals surface area contributed by atoms with Crippen LogP contribution in [0.3, 0.4) is 0 Å². The van der Waals surface area contributed by atoms with E-state index < -0.39 is 0 Å². The molecule has 1 N–H and O–H groups in total. The zero-order valence-electron chi connectivity index (χ0n) is 13.9. The van der Waals surface area contributed by atoms with Crippen LogP contribution in [-0.2, 0) is 22.6 Å². The fourth-order valence-electron chi connectivity index (χ4n) is 2.08. The van der Waals surface area contributed by atoms with Gasteiger partial charge in [-0.15, -0.1) is 0 Å². The van der Waals surface area contributed by atoms with Gasteiger partial charge in [-0.25, -0.2) is 0 Å². The lowest BCUT2D eigenvalue weighted by molar-refractivity contribution is -0.143. The first-order valence-corrected chi connectivity index (χ1v) is 7.96. The average molecular weight is 294 g/mol. The molecular formula is C17H30N2O2. The lowest BCUT2D eigenvalue weighted by Gasteiger charge is -2.19. The molecule has 0 atom stereocenters. The van der Waals surface area contributed by atoms with Crippen LogP contribution in [0.25, 0.3) is 0 Å². The lowest BCUT2D eigenvalue weighted by Crippen LogP contribution is -2.34. The number of esters is 1. The topological polar surface area (TPSA) is 43.3 Å². The first-order valence-electron chi connectivity index (χ1n) is 7.96. The summed E-state index contributed by atoms with van der Waals surface area (Å²) in [5.41, 5.74) is 1.46. The van der Waals surface area contributed by atoms with Gasteiger partial charge in [0, 0.05) is 37.4 Å². The first-order chi connectivity index (χ1) is 9.90. The normalized spacial score (nSPS) is 11.6. The summed E-state index contributed by atoms with van der Waals surface area (Å²) in [5, 5.41) is 3.49. The second kappa shape index (κ2) is 8.88. The molecule has 4 heteroatoms. The molecular weight excluding hydrogens is 264 g/mol. The Bertz CT molecular complexity index is 419. The molecule has 0 saturated heterocycles. The average Bonchev–Trinajstić information content (AvgIpc) is 2.83. The Hall–Kier alpha value is -1.29. The van der Waals surface area contributed by atoms with Crippen LogP contribution in [0.2, 0.25) is 0 Å². The van der Waals surface area contributed by atoms with Crippen molar-refractivity contribution in [2.24, 2.45) is 0 Å². The van der Waals surface area contributed by atoms with Gasteiger partial charge in [0.25, 0.3) is 0 Å². The molecule has 0 saturated carbocycles. The van der Waals surface area contributed by atoms with Crippen LogP contribution in [-0.4, -0.2) is 22.7 Å². The van der Waals surface area contributed by atoms with Crippen LogP contribution in [0.1, 0.15) is 58.9 Å². The predicted molar refractivity (Wildman–Crippen MR) is 86.1 cm³/mol. The summed E-state index contributed by atoms with van der Waals surface area (Å²) in [4.78, 5) is 11.2. The highest BCUT2D eigenvalue weighted by Gasteiger charge is 2.08. The Morgan fingerprint density at radius 1 is 1.29 bits per heavy atom. The quantitative estimate of drug-likeness (QED) is 0.560. The Labute approximate surface area is 128 Å². The molecule has 1 rings (SSSR count). The summed E-state index contributed by atoms with van der Waals surface area (Å²) in [6.07, 6.45) is 7.95. The number of carbonyl (C=O) groups excluding carboxylic acids is 1. The number of hydrogen-bond donors (Lipinski definition) is 1. The molecule has 1 aromatic heterocycles. The van der Waals surface area contributed by atoms with E-state index >= 15 is 0 Å². The van der Waals surface area contributed by atoms with Crippen LogP contribution < -0.4 is 5.32 Å². The second-order valence-electron chi connectivity index (χ2n) is 6.48. The number of aromatic nitrogens is 1. The summed E-state index contributed by atoms with van der Waals surface area (Å²) in [6, 6.07) is 2.16. The Morgan fingerprint density at radius 2 is 2.05 bits per heavy atom. The minimum atomic E-state index is -0.0750. The van der Waals surface area contributed by atoms with Crippen molar-refractivity contribution in [2.45, 2.75) is 72.0 Å². The van der Waals surface area contributed by atoms with E-state index in [0.717, 1.165) is 32.4 Å². The molecule has 0 aliphatic rings. The van der Waals surface area contributed by atoms with Crippen molar-refractivity contribution in [3.05, 3.63) is 24.0 Å². The summed E-state index contributed by atoms with van der Waals surface area (Å²) in [7, 11) is 0. The van der Waals surface area contributed by atoms with Gasteiger partial charge in [0.15, 0.2) is 0 Å². The van der Waals surface area contributed by atoms with Crippen LogP contribution in [0, 0.1) is 0 Å². The van der Waals surface area contributed by atoms with Gasteiger partial charge < -0.3 is 14.6 Å². The number of ether oxygens (including phenoxy) is 1. The van der Waals surface area contributed by atoms with E-state index in [1.807, 2.05) is 6.92 Å². The second-order valence-corrected chi connectivity index (χ2v) is 6.48. The number of carbonyl (C=O) groups is 1. The molecule has 0 unspecified atom stereocenters. The largest absolute Gasteiger partial charge is 0.466 e. The third-order valence-corrected chi connectivity index (χ3v) is 3.24. The maximum atomic E-state index is 11.2. The van der Waals surface area contributed by atoms with Crippen molar-refractivity contribution >= 4 is 5.97 Å². The fourth-order valence-corrected chi connectivity index (χ4v) is 2.08. The Morgan fingerprint density at radius 3 is 2.71 bits per heavy atom. The highest BCUT2D eigenvalue weighted by Crippen LogP contribution is 2.08. The molecule has 0 aliphatic carbocycles. The van der Waals surface area contributed by atoms with E-state index in [4.69, 9.17) is 4.74 Å². The fraction of sp³-hybridized carbons (Fsp3) is 0.706. The Balaban J connectivity index is 2.16. The van der Waals surface area contributed by atoms with Crippen molar-refractivity contribution in [2.75, 3.05) is 6.61 Å². The molecule has 0 amide bonds. The van der Waals surface area contributed by atoms with E-state index in [0.29, 0.717) is 13.0 Å². The van der Waals surface area contributed by atoms with Crippen molar-refractivity contribution in [1.82, 2.24) is 9.88 Å². The number of hydrogen-bond acceptors (Lipinski definition) is 3. The van der Waals surface area contributed by atoms with Gasteiger partial charge in [-0.1, -0.05) is 6.42 Å². The van der Waals surface area contributed by atoms with Crippen molar-refractivity contribution in [3.8, 4) is 0 Å². The molecule has 0 aromatic carbocycles. The molecule has 120 valence electrons. The number of nitrogens with zero attached hydrogens (tertiary/aromatic N) is 1. The molecule has 1 aromatic rings. The number of nitrogens with one attached hydrogen (secondary N) is 1. The maximum absolute atomic E-state index is 11.2. The zero-order chi connectivity index (χ0) is 15.7. The highest BCUT2D eigenvalue weighted by atomic mass is 16.5. The molecule has 0 bridgehead atoms. The first kappa shape index (κ1) is 17.8. The number of aryl methyl sites for hydroxylation is 1. The van der Waals surface area contributed by atoms with E-state index in [9.17, 15) is 4.79 Å². The van der Waals surface area contributed by atoms with Crippen LogP contribution in [0.5, 0.6) is 0 Å². The SMILES string of the molecule is CCOC(=O)CCCCCn1ccc(CNC(C)(C)C)c1. The molecule has 21 heavy (non-hydrogen) atoms. The standard InChI is InChI=1S/C17H30N2O2/c1-5-21-16(20)9-7-6-8-11-19-12-10-15(14-19)13-18-17(2,3)4/h10,12,14,18H,5-9,11,13H2,1-4H3. The van der Waals surface area contributed by atoms with E-state index in [1.54, 1.807) is 0 Å². The third kappa shape index (κ3) is 8.56. The van der Waals surface area contributed by atoms with E-state index in [1.165, 1.54) is 5.56 Å². The van der Waals surface area contributed by atoms with E-state index in [2.05, 4.69) is 49.1 Å². The van der Waals surface area contributed by atoms with Gasteiger partial charge in [-0.05, 0) is 52.2 Å². The molecule has 0 radical (unpaired) electrons. The van der Waals surface area contributed by atoms with Crippen LogP contribution >= 0.6 is 0 Å². The van der Waals surface area contributed by atoms with Crippen molar-refractivity contribution in [1.29, 1.82) is 0 Å². The molecule has 0 fully saturated rings. The Kier molecular flexibility index (Phi) is 7.51. The maximum Gasteiger partial charge on any atom is 0.305 e. The highest BCUT2D eigenvalue weighted by molar-refractivity contribution is 5.69. The van der Waals surface area contributed by atoms with Gasteiger partial charge in [-0.2, -0.15) is 0 Å². The van der Waals surface area contributed by atoms with Gasteiger partial charge in [-0.3, -0.25) is 4.79 Å².